The highest BCUT2D eigenvalue weighted by molar-refractivity contribution is 6.03. The van der Waals surface area contributed by atoms with Crippen LogP contribution in [0.3, 0.4) is 0 Å². The molecular weight excluding hydrogens is 706 g/mol. The topological polar surface area (TPSA) is 263 Å². The van der Waals surface area contributed by atoms with Gasteiger partial charge in [-0.15, -0.1) is 4.73 Å². The summed E-state index contributed by atoms with van der Waals surface area (Å²) in [5.74, 6) is -3.23. The van der Waals surface area contributed by atoms with Gasteiger partial charge in [-0.25, -0.2) is 14.4 Å². The van der Waals surface area contributed by atoms with Crippen LogP contribution in [0.2, 0.25) is 0 Å². The van der Waals surface area contributed by atoms with Crippen LogP contribution in [0.1, 0.15) is 85.6 Å². The van der Waals surface area contributed by atoms with E-state index in [1.807, 2.05) is 6.07 Å². The molecule has 1 atom stereocenters. The van der Waals surface area contributed by atoms with E-state index in [4.69, 9.17) is 14.3 Å². The average Bonchev–Trinajstić information content (AvgIpc) is 3.37. The summed E-state index contributed by atoms with van der Waals surface area (Å²) in [4.78, 5) is 72.5. The Bertz CT molecular complexity index is 1660. The van der Waals surface area contributed by atoms with Crippen molar-refractivity contribution in [2.45, 2.75) is 97.3 Å². The number of aromatic nitrogens is 1. The first-order chi connectivity index (χ1) is 25.3. The van der Waals surface area contributed by atoms with Gasteiger partial charge in [-0.3, -0.25) is 25.2 Å². The van der Waals surface area contributed by atoms with Gasteiger partial charge in [0.25, 0.3) is 5.91 Å². The molecule has 2 aromatic rings. The molecule has 54 heavy (non-hydrogen) atoms. The summed E-state index contributed by atoms with van der Waals surface area (Å²) in [7, 11) is 0. The maximum atomic E-state index is 13.3. The van der Waals surface area contributed by atoms with Gasteiger partial charge >= 0.3 is 18.2 Å². The highest BCUT2D eigenvalue weighted by Crippen LogP contribution is 2.19. The summed E-state index contributed by atoms with van der Waals surface area (Å²) in [6.45, 7) is 10.1. The number of benzene rings is 1. The average molecular weight is 756 g/mol. The monoisotopic (exact) mass is 755 g/mol. The molecule has 0 aliphatic carbocycles. The van der Waals surface area contributed by atoms with Crippen LogP contribution in [0.15, 0.2) is 47.0 Å². The van der Waals surface area contributed by atoms with Crippen molar-refractivity contribution in [3.63, 3.8) is 0 Å². The van der Waals surface area contributed by atoms with Gasteiger partial charge in [0.2, 0.25) is 23.6 Å². The summed E-state index contributed by atoms with van der Waals surface area (Å²) < 4.78 is 11.1. The number of carbonyl (C=O) groups is 5. The lowest BCUT2D eigenvalue weighted by Crippen LogP contribution is -2.48. The Labute approximate surface area is 313 Å². The van der Waals surface area contributed by atoms with Crippen LogP contribution in [0, 0.1) is 11.3 Å². The Hall–Kier alpha value is -6.25. The van der Waals surface area contributed by atoms with Gasteiger partial charge < -0.3 is 40.3 Å². The number of alkyl carbamates (subject to hydrolysis) is 2. The number of nitrogens with one attached hydrogen (secondary N) is 4. The highest BCUT2D eigenvalue weighted by atomic mass is 16.7. The predicted molar refractivity (Wildman–Crippen MR) is 195 cm³/mol. The first kappa shape index (κ1) is 43.9. The summed E-state index contributed by atoms with van der Waals surface area (Å²) in [6, 6.07) is 8.78. The smallest absolute Gasteiger partial charge is 0.414 e. The fourth-order valence-corrected chi connectivity index (χ4v) is 4.34. The number of phenols is 1. The molecule has 7 N–H and O–H groups in total. The van der Waals surface area contributed by atoms with E-state index in [1.165, 1.54) is 30.3 Å². The Morgan fingerprint density at radius 2 is 1.43 bits per heavy atom. The van der Waals surface area contributed by atoms with E-state index < -0.39 is 59.0 Å². The van der Waals surface area contributed by atoms with Crippen molar-refractivity contribution in [3.8, 4) is 23.6 Å². The number of amides is 4. The molecule has 2 rings (SSSR count). The molecule has 0 aliphatic heterocycles. The normalized spacial score (nSPS) is 12.0. The second-order valence-electron chi connectivity index (χ2n) is 13.8. The van der Waals surface area contributed by atoms with Crippen molar-refractivity contribution in [3.05, 3.63) is 47.5 Å². The van der Waals surface area contributed by atoms with Crippen LogP contribution in [0.5, 0.6) is 17.5 Å². The number of guanidine groups is 1. The van der Waals surface area contributed by atoms with Crippen LogP contribution < -0.4 is 26.1 Å². The maximum absolute atomic E-state index is 13.3. The van der Waals surface area contributed by atoms with Crippen LogP contribution in [0.4, 0.5) is 9.59 Å². The molecule has 0 fully saturated rings. The van der Waals surface area contributed by atoms with Crippen LogP contribution in [-0.4, -0.2) is 86.3 Å². The van der Waals surface area contributed by atoms with E-state index in [9.17, 15) is 44.6 Å². The molecular formula is C36H49N7O11. The molecule has 18 heteroatoms. The molecule has 0 bridgehead atoms. The zero-order chi connectivity index (χ0) is 40.5. The minimum absolute atomic E-state index is 0.00214. The first-order valence-corrected chi connectivity index (χ1v) is 17.1. The summed E-state index contributed by atoms with van der Waals surface area (Å²) in [6.07, 6.45) is 1.01. The maximum Gasteiger partial charge on any atom is 0.414 e. The minimum atomic E-state index is -1.14. The number of hydrogen-bond acceptors (Lipinski definition) is 13. The molecule has 294 valence electrons. The van der Waals surface area contributed by atoms with E-state index in [1.54, 1.807) is 41.5 Å². The first-order valence-electron chi connectivity index (χ1n) is 17.1. The Balaban J connectivity index is 2.09. The number of unbranched alkanes of at least 4 members (excludes halogenated alkanes) is 2. The Morgan fingerprint density at radius 1 is 0.852 bits per heavy atom. The third kappa shape index (κ3) is 17.3. The number of aliphatic imine (C=N–C) groups is 1. The molecule has 0 saturated carbocycles. The number of ether oxygens (including phenoxy) is 2. The van der Waals surface area contributed by atoms with E-state index in [0.717, 1.165) is 12.1 Å². The van der Waals surface area contributed by atoms with Gasteiger partial charge in [-0.05, 0) is 91.0 Å². The SMILES string of the molecule is CC(C)(C)OC(=O)NC(=NCCC[C@H](NC(=O)C(C#N)=Cc1ccc(O)cc1)C(=O)NCCCCCC(=O)On1c(O)ccc1O)NC(=O)OC(C)(C)C. The zero-order valence-corrected chi connectivity index (χ0v) is 31.2. The van der Waals surface area contributed by atoms with Crippen molar-refractivity contribution in [2.24, 2.45) is 4.99 Å². The second-order valence-corrected chi connectivity index (χ2v) is 13.8. The van der Waals surface area contributed by atoms with Gasteiger partial charge in [0.15, 0.2) is 0 Å². The molecule has 0 unspecified atom stereocenters. The number of aromatic hydroxyl groups is 3. The molecule has 1 heterocycles. The molecule has 1 aromatic carbocycles. The van der Waals surface area contributed by atoms with E-state index >= 15 is 0 Å². The fourth-order valence-electron chi connectivity index (χ4n) is 4.34. The molecule has 18 nitrogen and oxygen atoms in total. The largest absolute Gasteiger partial charge is 0.508 e. The summed E-state index contributed by atoms with van der Waals surface area (Å²) in [5, 5.41) is 48.5. The zero-order valence-electron chi connectivity index (χ0n) is 31.2. The minimum Gasteiger partial charge on any atom is -0.508 e. The number of nitrogens with zero attached hydrogens (tertiary/aromatic N) is 3. The van der Waals surface area contributed by atoms with Gasteiger partial charge in [0.1, 0.15) is 34.6 Å². The quantitative estimate of drug-likeness (QED) is 0.0453. The molecule has 1 aromatic heterocycles. The van der Waals surface area contributed by atoms with Gasteiger partial charge in [0, 0.05) is 31.6 Å². The van der Waals surface area contributed by atoms with Gasteiger partial charge in [-0.2, -0.15) is 5.26 Å². The van der Waals surface area contributed by atoms with Crippen LogP contribution in [0.25, 0.3) is 6.08 Å². The molecule has 0 radical (unpaired) electrons. The van der Waals surface area contributed by atoms with Crippen molar-refractivity contribution in [1.29, 1.82) is 5.26 Å². The number of rotatable bonds is 15. The Morgan fingerprint density at radius 3 is 1.96 bits per heavy atom. The van der Waals surface area contributed by atoms with Crippen molar-refractivity contribution >= 4 is 42.0 Å². The van der Waals surface area contributed by atoms with Crippen molar-refractivity contribution in [1.82, 2.24) is 26.0 Å². The lowest BCUT2D eigenvalue weighted by Gasteiger charge is -2.22. The number of hydrogen-bond donors (Lipinski definition) is 7. The van der Waals surface area contributed by atoms with E-state index in [2.05, 4.69) is 26.3 Å². The van der Waals surface area contributed by atoms with Crippen LogP contribution >= 0.6 is 0 Å². The van der Waals surface area contributed by atoms with Gasteiger partial charge in [-0.1, -0.05) is 18.6 Å². The summed E-state index contributed by atoms with van der Waals surface area (Å²) >= 11 is 0. The standard InChI is InChI=1S/C36H49N7O11/c1-35(2,3)52-33(50)41-32(42-34(51)53-36(4,5)6)39-20-10-11-26(40-30(48)24(22-37)21-23-13-15-25(44)16-14-23)31(49)38-19-9-7-8-12-29(47)54-43-27(45)17-18-28(43)46/h13-18,21,26,44-46H,7-12,19-20H2,1-6H3,(H,38,49)(H,40,48)(H2,39,41,42,50,51)/t26-/m0/s1. The molecule has 0 spiro atoms. The van der Waals surface area contributed by atoms with E-state index in [0.29, 0.717) is 29.6 Å². The number of nitriles is 1. The van der Waals surface area contributed by atoms with Crippen molar-refractivity contribution < 1.29 is 53.6 Å². The highest BCUT2D eigenvalue weighted by Gasteiger charge is 2.24. The second kappa shape index (κ2) is 20.7. The molecule has 4 amide bonds. The lowest BCUT2D eigenvalue weighted by atomic mass is 10.1. The summed E-state index contributed by atoms with van der Waals surface area (Å²) in [5.41, 5.74) is -1.52. The van der Waals surface area contributed by atoms with Crippen molar-refractivity contribution in [2.75, 3.05) is 13.1 Å². The third-order valence-electron chi connectivity index (χ3n) is 6.70. The lowest BCUT2D eigenvalue weighted by molar-refractivity contribution is -0.145. The third-order valence-corrected chi connectivity index (χ3v) is 6.70. The fraction of sp³-hybridized carbons (Fsp3) is 0.472. The van der Waals surface area contributed by atoms with Crippen LogP contribution in [-0.2, 0) is 23.9 Å². The predicted octanol–water partition coefficient (Wildman–Crippen LogP) is 3.51. The van der Waals surface area contributed by atoms with E-state index in [-0.39, 0.29) is 49.6 Å². The number of carbonyl (C=O) groups excluding carboxylic acids is 5. The molecule has 0 saturated heterocycles. The molecule has 0 aliphatic rings. The number of phenolic OH excluding ortho intramolecular Hbond substituents is 1. The Kier molecular flexibility index (Phi) is 16.8. The van der Waals surface area contributed by atoms with Gasteiger partial charge in [0.05, 0.1) is 0 Å².